The summed E-state index contributed by atoms with van der Waals surface area (Å²) < 4.78 is 5.52. The zero-order valence-corrected chi connectivity index (χ0v) is 9.97. The molecule has 1 rings (SSSR count). The van der Waals surface area contributed by atoms with E-state index >= 15 is 0 Å². The van der Waals surface area contributed by atoms with Crippen LogP contribution in [0.1, 0.15) is 25.0 Å². The zero-order chi connectivity index (χ0) is 11.8. The molecule has 0 fully saturated rings. The van der Waals surface area contributed by atoms with E-state index in [2.05, 4.69) is 25.1 Å². The van der Waals surface area contributed by atoms with E-state index < -0.39 is 0 Å². The lowest BCUT2D eigenvalue weighted by Gasteiger charge is -2.20. The van der Waals surface area contributed by atoms with Crippen LogP contribution in [0.4, 0.5) is 0 Å². The van der Waals surface area contributed by atoms with Crippen molar-refractivity contribution in [2.75, 3.05) is 13.7 Å². The Labute approximate surface area is 97.6 Å². The molecule has 0 unspecified atom stereocenters. The van der Waals surface area contributed by atoms with Crippen LogP contribution in [0.3, 0.4) is 0 Å². The average molecular weight is 220 g/mol. The van der Waals surface area contributed by atoms with Crippen molar-refractivity contribution in [2.24, 2.45) is 5.92 Å². The molecule has 88 valence electrons. The number of rotatable bonds is 6. The van der Waals surface area contributed by atoms with E-state index in [1.165, 1.54) is 5.56 Å². The predicted octanol–water partition coefficient (Wildman–Crippen LogP) is 2.95. The molecular formula is C14H20O2. The van der Waals surface area contributed by atoms with Gasteiger partial charge in [-0.15, -0.1) is 0 Å². The highest BCUT2D eigenvalue weighted by atomic mass is 16.5. The minimum absolute atomic E-state index is 0.0798. The summed E-state index contributed by atoms with van der Waals surface area (Å²) in [7, 11) is 1.73. The van der Waals surface area contributed by atoms with Gasteiger partial charge >= 0.3 is 0 Å². The summed E-state index contributed by atoms with van der Waals surface area (Å²) in [5.74, 6) is 0.305. The summed E-state index contributed by atoms with van der Waals surface area (Å²) in [6, 6.07) is 10.2. The van der Waals surface area contributed by atoms with Crippen molar-refractivity contribution >= 4 is 0 Å². The van der Waals surface area contributed by atoms with Crippen molar-refractivity contribution in [3.05, 3.63) is 48.0 Å². The van der Waals surface area contributed by atoms with E-state index in [0.717, 1.165) is 0 Å². The second-order valence-electron chi connectivity index (χ2n) is 3.87. The van der Waals surface area contributed by atoms with Crippen molar-refractivity contribution in [2.45, 2.75) is 19.4 Å². The SMILES string of the molecule is CO[C@@H](c1ccccc1)[C@@H](C)/C=C/CCO. The van der Waals surface area contributed by atoms with Crippen LogP contribution in [0.2, 0.25) is 0 Å². The smallest absolute Gasteiger partial charge is 0.0880 e. The quantitative estimate of drug-likeness (QED) is 0.747. The van der Waals surface area contributed by atoms with Crippen molar-refractivity contribution in [3.63, 3.8) is 0 Å². The second-order valence-corrected chi connectivity index (χ2v) is 3.87. The minimum Gasteiger partial charge on any atom is -0.396 e. The maximum Gasteiger partial charge on any atom is 0.0880 e. The molecule has 0 aromatic heterocycles. The highest BCUT2D eigenvalue weighted by Gasteiger charge is 2.15. The Bertz CT molecular complexity index is 306. The Kier molecular flexibility index (Phi) is 5.83. The van der Waals surface area contributed by atoms with Gasteiger partial charge in [-0.05, 0) is 12.0 Å². The minimum atomic E-state index is 0.0798. The monoisotopic (exact) mass is 220 g/mol. The van der Waals surface area contributed by atoms with Crippen molar-refractivity contribution < 1.29 is 9.84 Å². The molecule has 0 aliphatic heterocycles. The van der Waals surface area contributed by atoms with Gasteiger partial charge in [-0.2, -0.15) is 0 Å². The standard InChI is InChI=1S/C14H20O2/c1-12(8-6-7-11-15)14(16-2)13-9-4-3-5-10-13/h3-6,8-10,12,14-15H,7,11H2,1-2H3/b8-6+/t12-,14+/m0/s1. The van der Waals surface area contributed by atoms with E-state index in [1.807, 2.05) is 24.3 Å². The third kappa shape index (κ3) is 3.80. The normalized spacial score (nSPS) is 15.2. The van der Waals surface area contributed by atoms with Gasteiger partial charge in [0.15, 0.2) is 0 Å². The van der Waals surface area contributed by atoms with Crippen LogP contribution in [0.5, 0.6) is 0 Å². The number of aliphatic hydroxyl groups is 1. The molecule has 1 aromatic carbocycles. The second kappa shape index (κ2) is 7.20. The van der Waals surface area contributed by atoms with E-state index in [1.54, 1.807) is 7.11 Å². The lowest BCUT2D eigenvalue weighted by Crippen LogP contribution is -2.09. The van der Waals surface area contributed by atoms with E-state index in [-0.39, 0.29) is 12.7 Å². The summed E-state index contributed by atoms with van der Waals surface area (Å²) in [4.78, 5) is 0. The molecule has 0 spiro atoms. The number of benzene rings is 1. The summed E-state index contributed by atoms with van der Waals surface area (Å²) in [5.41, 5.74) is 1.19. The van der Waals surface area contributed by atoms with Crippen LogP contribution in [0, 0.1) is 5.92 Å². The molecule has 2 nitrogen and oxygen atoms in total. The first kappa shape index (κ1) is 12.9. The van der Waals surface area contributed by atoms with Crippen LogP contribution in [-0.2, 0) is 4.74 Å². The fourth-order valence-electron chi connectivity index (χ4n) is 1.78. The van der Waals surface area contributed by atoms with Crippen LogP contribution in [0.15, 0.2) is 42.5 Å². The average Bonchev–Trinajstić information content (AvgIpc) is 2.32. The van der Waals surface area contributed by atoms with Crippen molar-refractivity contribution in [1.82, 2.24) is 0 Å². The Morgan fingerprint density at radius 3 is 2.56 bits per heavy atom. The molecule has 0 bridgehead atoms. The Hall–Kier alpha value is -1.12. The van der Waals surface area contributed by atoms with Gasteiger partial charge in [0.2, 0.25) is 0 Å². The van der Waals surface area contributed by atoms with Crippen LogP contribution >= 0.6 is 0 Å². The zero-order valence-electron chi connectivity index (χ0n) is 9.97. The summed E-state index contributed by atoms with van der Waals surface area (Å²) >= 11 is 0. The summed E-state index contributed by atoms with van der Waals surface area (Å²) in [6.45, 7) is 2.32. The van der Waals surface area contributed by atoms with Gasteiger partial charge in [0, 0.05) is 19.6 Å². The summed E-state index contributed by atoms with van der Waals surface area (Å²) in [5, 5.41) is 8.71. The molecule has 16 heavy (non-hydrogen) atoms. The fraction of sp³-hybridized carbons (Fsp3) is 0.429. The Morgan fingerprint density at radius 1 is 1.31 bits per heavy atom. The largest absolute Gasteiger partial charge is 0.396 e. The van der Waals surface area contributed by atoms with Crippen molar-refractivity contribution in [1.29, 1.82) is 0 Å². The molecule has 1 aromatic rings. The highest BCUT2D eigenvalue weighted by molar-refractivity contribution is 5.19. The Morgan fingerprint density at radius 2 is 2.00 bits per heavy atom. The first-order chi connectivity index (χ1) is 7.79. The van der Waals surface area contributed by atoms with Gasteiger partial charge in [-0.3, -0.25) is 0 Å². The van der Waals surface area contributed by atoms with E-state index in [4.69, 9.17) is 9.84 Å². The fourth-order valence-corrected chi connectivity index (χ4v) is 1.78. The third-order valence-electron chi connectivity index (χ3n) is 2.59. The van der Waals surface area contributed by atoms with Crippen molar-refractivity contribution in [3.8, 4) is 0 Å². The molecule has 0 radical (unpaired) electrons. The topological polar surface area (TPSA) is 29.5 Å². The molecular weight excluding hydrogens is 200 g/mol. The van der Waals surface area contributed by atoms with Gasteiger partial charge in [0.1, 0.15) is 0 Å². The number of aliphatic hydroxyl groups excluding tert-OH is 1. The highest BCUT2D eigenvalue weighted by Crippen LogP contribution is 2.26. The first-order valence-electron chi connectivity index (χ1n) is 5.65. The van der Waals surface area contributed by atoms with Gasteiger partial charge in [-0.25, -0.2) is 0 Å². The molecule has 0 aliphatic carbocycles. The molecule has 1 N–H and O–H groups in total. The lowest BCUT2D eigenvalue weighted by molar-refractivity contribution is 0.0740. The van der Waals surface area contributed by atoms with Gasteiger partial charge in [0.25, 0.3) is 0 Å². The maximum atomic E-state index is 8.71. The Balaban J connectivity index is 2.67. The third-order valence-corrected chi connectivity index (χ3v) is 2.59. The summed E-state index contributed by atoms with van der Waals surface area (Å²) in [6.07, 6.45) is 4.88. The van der Waals surface area contributed by atoms with E-state index in [9.17, 15) is 0 Å². The molecule has 0 heterocycles. The molecule has 0 saturated heterocycles. The number of ether oxygens (including phenoxy) is 1. The molecule has 2 atom stereocenters. The maximum absolute atomic E-state index is 8.71. The molecule has 0 saturated carbocycles. The van der Waals surface area contributed by atoms with Crippen LogP contribution < -0.4 is 0 Å². The molecule has 0 amide bonds. The lowest BCUT2D eigenvalue weighted by atomic mass is 9.96. The first-order valence-corrected chi connectivity index (χ1v) is 5.65. The van der Waals surface area contributed by atoms with Gasteiger partial charge in [-0.1, -0.05) is 49.4 Å². The molecule has 0 aliphatic rings. The van der Waals surface area contributed by atoms with Crippen LogP contribution in [0.25, 0.3) is 0 Å². The van der Waals surface area contributed by atoms with Gasteiger partial charge < -0.3 is 9.84 Å². The van der Waals surface area contributed by atoms with E-state index in [0.29, 0.717) is 12.3 Å². The number of hydrogen-bond donors (Lipinski definition) is 1. The van der Waals surface area contributed by atoms with Gasteiger partial charge in [0.05, 0.1) is 6.10 Å². The molecule has 2 heteroatoms. The van der Waals surface area contributed by atoms with Crippen LogP contribution in [-0.4, -0.2) is 18.8 Å². The number of methoxy groups -OCH3 is 1. The number of hydrogen-bond acceptors (Lipinski definition) is 2. The predicted molar refractivity (Wildman–Crippen MR) is 66.2 cm³/mol.